The minimum atomic E-state index is -0.287. The van der Waals surface area contributed by atoms with E-state index in [0.29, 0.717) is 24.2 Å². The topological polar surface area (TPSA) is 73.2 Å². The summed E-state index contributed by atoms with van der Waals surface area (Å²) in [5, 5.41) is 11.6. The Hall–Kier alpha value is -3.20. The molecule has 0 saturated carbocycles. The van der Waals surface area contributed by atoms with Gasteiger partial charge in [0.2, 0.25) is 11.8 Å². The number of carbonyl (C=O) groups excluding carboxylic acids is 2. The van der Waals surface area contributed by atoms with Crippen molar-refractivity contribution in [2.45, 2.75) is 19.8 Å². The van der Waals surface area contributed by atoms with Crippen molar-refractivity contribution in [2.75, 3.05) is 18.0 Å². The molecule has 26 heavy (non-hydrogen) atoms. The molecule has 0 aliphatic heterocycles. The van der Waals surface area contributed by atoms with Gasteiger partial charge in [0, 0.05) is 32.1 Å². The molecule has 6 heteroatoms. The maximum atomic E-state index is 12.8. The number of rotatable bonds is 7. The lowest BCUT2D eigenvalue weighted by Crippen LogP contribution is -2.34. The number of anilines is 1. The fourth-order valence-corrected chi connectivity index (χ4v) is 2.48. The van der Waals surface area contributed by atoms with Crippen LogP contribution < -0.4 is 10.2 Å². The average Bonchev–Trinajstić information content (AvgIpc) is 2.64. The fourth-order valence-electron chi connectivity index (χ4n) is 2.48. The molecular formula is C20H20FN3O2. The molecule has 2 aromatic carbocycles. The highest BCUT2D eigenvalue weighted by molar-refractivity contribution is 5.92. The average molecular weight is 353 g/mol. The molecule has 134 valence electrons. The first-order chi connectivity index (χ1) is 12.5. The maximum absolute atomic E-state index is 12.8. The molecule has 2 rings (SSSR count). The summed E-state index contributed by atoms with van der Waals surface area (Å²) in [6.07, 6.45) is 0.779. The fraction of sp³-hybridized carbons (Fsp3) is 0.250. The smallest absolute Gasteiger partial charge is 0.223 e. The summed E-state index contributed by atoms with van der Waals surface area (Å²) >= 11 is 0. The van der Waals surface area contributed by atoms with E-state index in [2.05, 4.69) is 5.32 Å². The SMILES string of the molecule is CC(=O)N(CCC(=O)NCCc1ccc(F)cc1)c1ccc(C#N)cc1. The highest BCUT2D eigenvalue weighted by Crippen LogP contribution is 2.15. The summed E-state index contributed by atoms with van der Waals surface area (Å²) in [6, 6.07) is 14.8. The molecule has 0 unspecified atom stereocenters. The lowest BCUT2D eigenvalue weighted by atomic mass is 10.1. The summed E-state index contributed by atoms with van der Waals surface area (Å²) < 4.78 is 12.8. The molecule has 0 heterocycles. The van der Waals surface area contributed by atoms with E-state index in [9.17, 15) is 14.0 Å². The molecule has 0 atom stereocenters. The van der Waals surface area contributed by atoms with Gasteiger partial charge in [-0.05, 0) is 48.4 Å². The van der Waals surface area contributed by atoms with E-state index in [1.54, 1.807) is 36.4 Å². The van der Waals surface area contributed by atoms with Gasteiger partial charge in [-0.3, -0.25) is 9.59 Å². The number of carbonyl (C=O) groups is 2. The van der Waals surface area contributed by atoms with E-state index >= 15 is 0 Å². The minimum Gasteiger partial charge on any atom is -0.356 e. The van der Waals surface area contributed by atoms with E-state index in [1.165, 1.54) is 24.0 Å². The van der Waals surface area contributed by atoms with Gasteiger partial charge in [-0.2, -0.15) is 5.26 Å². The molecule has 1 N–H and O–H groups in total. The van der Waals surface area contributed by atoms with Crippen LogP contribution in [0.5, 0.6) is 0 Å². The third-order valence-electron chi connectivity index (χ3n) is 3.90. The predicted molar refractivity (Wildman–Crippen MR) is 96.9 cm³/mol. The Labute approximate surface area is 152 Å². The maximum Gasteiger partial charge on any atom is 0.223 e. The second kappa shape index (κ2) is 9.33. The summed E-state index contributed by atoms with van der Waals surface area (Å²) in [4.78, 5) is 25.3. The van der Waals surface area contributed by atoms with Crippen LogP contribution in [0.25, 0.3) is 0 Å². The number of benzene rings is 2. The number of hydrogen-bond donors (Lipinski definition) is 1. The van der Waals surface area contributed by atoms with Crippen molar-refractivity contribution in [1.82, 2.24) is 5.32 Å². The van der Waals surface area contributed by atoms with Crippen LogP contribution in [0.2, 0.25) is 0 Å². The van der Waals surface area contributed by atoms with Gasteiger partial charge >= 0.3 is 0 Å². The first-order valence-corrected chi connectivity index (χ1v) is 8.29. The van der Waals surface area contributed by atoms with Crippen molar-refractivity contribution in [3.05, 3.63) is 65.5 Å². The Morgan fingerprint density at radius 3 is 2.35 bits per heavy atom. The Morgan fingerprint density at radius 1 is 1.12 bits per heavy atom. The molecule has 0 aliphatic rings. The van der Waals surface area contributed by atoms with Crippen LogP contribution >= 0.6 is 0 Å². The van der Waals surface area contributed by atoms with Crippen LogP contribution in [0, 0.1) is 17.1 Å². The molecule has 2 aromatic rings. The van der Waals surface area contributed by atoms with Crippen molar-refractivity contribution in [3.63, 3.8) is 0 Å². The number of hydrogen-bond acceptors (Lipinski definition) is 3. The minimum absolute atomic E-state index is 0.160. The van der Waals surface area contributed by atoms with Gasteiger partial charge in [-0.25, -0.2) is 4.39 Å². The van der Waals surface area contributed by atoms with Crippen LogP contribution in [0.3, 0.4) is 0 Å². The molecule has 5 nitrogen and oxygen atoms in total. The quantitative estimate of drug-likeness (QED) is 0.832. The molecule has 0 fully saturated rings. The number of nitrogens with zero attached hydrogens (tertiary/aromatic N) is 2. The number of nitriles is 1. The molecule has 0 aromatic heterocycles. The Balaban J connectivity index is 1.82. The number of halogens is 1. The predicted octanol–water partition coefficient (Wildman–Crippen LogP) is 2.80. The normalized spacial score (nSPS) is 10.0. The summed E-state index contributed by atoms with van der Waals surface area (Å²) in [7, 11) is 0. The van der Waals surface area contributed by atoms with Crippen LogP contribution in [0.1, 0.15) is 24.5 Å². The Bertz CT molecular complexity index is 795. The molecule has 0 saturated heterocycles. The van der Waals surface area contributed by atoms with Crippen molar-refractivity contribution in [3.8, 4) is 6.07 Å². The summed E-state index contributed by atoms with van der Waals surface area (Å²) in [5.41, 5.74) is 2.10. The molecule has 0 spiro atoms. The zero-order valence-corrected chi connectivity index (χ0v) is 14.5. The van der Waals surface area contributed by atoms with Crippen molar-refractivity contribution >= 4 is 17.5 Å². The molecule has 0 bridgehead atoms. The molecule has 2 amide bonds. The molecular weight excluding hydrogens is 333 g/mol. The third-order valence-corrected chi connectivity index (χ3v) is 3.90. The van der Waals surface area contributed by atoms with Gasteiger partial charge in [0.1, 0.15) is 5.82 Å². The van der Waals surface area contributed by atoms with E-state index in [0.717, 1.165) is 5.56 Å². The first kappa shape index (κ1) is 19.1. The van der Waals surface area contributed by atoms with Crippen molar-refractivity contribution < 1.29 is 14.0 Å². The van der Waals surface area contributed by atoms with E-state index in [4.69, 9.17) is 5.26 Å². The third kappa shape index (κ3) is 5.71. The lowest BCUT2D eigenvalue weighted by molar-refractivity contribution is -0.121. The number of nitrogens with one attached hydrogen (secondary N) is 1. The molecule has 0 radical (unpaired) electrons. The van der Waals surface area contributed by atoms with E-state index in [1.807, 2.05) is 6.07 Å². The van der Waals surface area contributed by atoms with Gasteiger partial charge < -0.3 is 10.2 Å². The van der Waals surface area contributed by atoms with Gasteiger partial charge in [0.25, 0.3) is 0 Å². The van der Waals surface area contributed by atoms with Crippen LogP contribution in [0.4, 0.5) is 10.1 Å². The summed E-state index contributed by atoms with van der Waals surface area (Å²) in [5.74, 6) is -0.620. The molecule has 0 aliphatic carbocycles. The lowest BCUT2D eigenvalue weighted by Gasteiger charge is -2.21. The standard InChI is InChI=1S/C20H20FN3O2/c1-15(25)24(19-8-4-17(14-22)5-9-19)13-11-20(26)23-12-10-16-2-6-18(21)7-3-16/h2-9H,10-13H2,1H3,(H,23,26). The zero-order valence-electron chi connectivity index (χ0n) is 14.5. The van der Waals surface area contributed by atoms with Gasteiger partial charge in [-0.1, -0.05) is 12.1 Å². The van der Waals surface area contributed by atoms with Crippen LogP contribution in [0.15, 0.2) is 48.5 Å². The van der Waals surface area contributed by atoms with E-state index in [-0.39, 0.29) is 30.6 Å². The van der Waals surface area contributed by atoms with Crippen molar-refractivity contribution in [2.24, 2.45) is 0 Å². The van der Waals surface area contributed by atoms with Gasteiger partial charge in [0.05, 0.1) is 11.6 Å². The Kier molecular flexibility index (Phi) is 6.86. The van der Waals surface area contributed by atoms with Gasteiger partial charge in [-0.15, -0.1) is 0 Å². The highest BCUT2D eigenvalue weighted by atomic mass is 19.1. The second-order valence-corrected chi connectivity index (χ2v) is 5.81. The number of amides is 2. The van der Waals surface area contributed by atoms with Crippen LogP contribution in [-0.4, -0.2) is 24.9 Å². The van der Waals surface area contributed by atoms with Gasteiger partial charge in [0.15, 0.2) is 0 Å². The second-order valence-electron chi connectivity index (χ2n) is 5.81. The zero-order chi connectivity index (χ0) is 18.9. The Morgan fingerprint density at radius 2 is 1.77 bits per heavy atom. The van der Waals surface area contributed by atoms with Crippen molar-refractivity contribution in [1.29, 1.82) is 5.26 Å². The van der Waals surface area contributed by atoms with Crippen LogP contribution in [-0.2, 0) is 16.0 Å². The highest BCUT2D eigenvalue weighted by Gasteiger charge is 2.13. The first-order valence-electron chi connectivity index (χ1n) is 8.29. The monoisotopic (exact) mass is 353 g/mol. The largest absolute Gasteiger partial charge is 0.356 e. The summed E-state index contributed by atoms with van der Waals surface area (Å²) in [6.45, 7) is 2.13. The van der Waals surface area contributed by atoms with E-state index < -0.39 is 0 Å².